The van der Waals surface area contributed by atoms with Crippen molar-refractivity contribution in [3.05, 3.63) is 0 Å². The molecule has 3 aliphatic heterocycles. The highest BCUT2D eigenvalue weighted by molar-refractivity contribution is 5.81. The predicted octanol–water partition coefficient (Wildman–Crippen LogP) is 1.71. The number of hydrogen-bond donors (Lipinski definition) is 1. The van der Waals surface area contributed by atoms with E-state index < -0.39 is 5.97 Å². The zero-order chi connectivity index (χ0) is 15.0. The zero-order valence-electron chi connectivity index (χ0n) is 12.8. The van der Waals surface area contributed by atoms with Gasteiger partial charge in [-0.1, -0.05) is 0 Å². The molecule has 3 aliphatic rings. The molecular weight excluding hydrogens is 268 g/mol. The van der Waals surface area contributed by atoms with Crippen LogP contribution in [0.4, 0.5) is 0 Å². The van der Waals surface area contributed by atoms with E-state index in [1.54, 1.807) is 0 Å². The number of carboxylic acid groups (broad SMARTS) is 1. The van der Waals surface area contributed by atoms with E-state index in [2.05, 4.69) is 4.90 Å². The SMILES string of the molecule is CC(C(=O)N1CCCC1)N1C2CCC1CC(CC(=O)O)C2. The smallest absolute Gasteiger partial charge is 0.303 e. The number of piperidine rings is 1. The van der Waals surface area contributed by atoms with Crippen molar-refractivity contribution in [2.24, 2.45) is 5.92 Å². The van der Waals surface area contributed by atoms with Crippen LogP contribution in [0.3, 0.4) is 0 Å². The number of likely N-dealkylation sites (tertiary alicyclic amines) is 1. The van der Waals surface area contributed by atoms with Gasteiger partial charge in [0.1, 0.15) is 0 Å². The lowest BCUT2D eigenvalue weighted by Gasteiger charge is -2.42. The van der Waals surface area contributed by atoms with Crippen molar-refractivity contribution in [1.29, 1.82) is 0 Å². The molecule has 21 heavy (non-hydrogen) atoms. The molecule has 0 aliphatic carbocycles. The number of carboxylic acids is 1. The minimum absolute atomic E-state index is 0.0358. The summed E-state index contributed by atoms with van der Waals surface area (Å²) in [5, 5.41) is 8.99. The van der Waals surface area contributed by atoms with Crippen LogP contribution in [-0.4, -0.2) is 58.0 Å². The van der Waals surface area contributed by atoms with Crippen LogP contribution in [-0.2, 0) is 9.59 Å². The molecule has 3 heterocycles. The van der Waals surface area contributed by atoms with Crippen molar-refractivity contribution in [3.8, 4) is 0 Å². The van der Waals surface area contributed by atoms with Crippen molar-refractivity contribution < 1.29 is 14.7 Å². The number of carbonyl (C=O) groups excluding carboxylic acids is 1. The molecule has 0 aromatic carbocycles. The number of nitrogens with zero attached hydrogens (tertiary/aromatic N) is 2. The van der Waals surface area contributed by atoms with Crippen molar-refractivity contribution >= 4 is 11.9 Å². The highest BCUT2D eigenvalue weighted by Gasteiger charge is 2.45. The summed E-state index contributed by atoms with van der Waals surface area (Å²) in [4.78, 5) is 27.9. The molecule has 3 saturated heterocycles. The Balaban J connectivity index is 1.64. The van der Waals surface area contributed by atoms with E-state index >= 15 is 0 Å². The van der Waals surface area contributed by atoms with Gasteiger partial charge in [-0.05, 0) is 51.4 Å². The zero-order valence-corrected chi connectivity index (χ0v) is 12.8. The summed E-state index contributed by atoms with van der Waals surface area (Å²) in [6.07, 6.45) is 6.69. The molecule has 2 bridgehead atoms. The first-order valence-corrected chi connectivity index (χ1v) is 8.34. The molecule has 118 valence electrons. The Kier molecular flexibility index (Phi) is 4.20. The monoisotopic (exact) mass is 294 g/mol. The van der Waals surface area contributed by atoms with Gasteiger partial charge in [-0.15, -0.1) is 0 Å². The summed E-state index contributed by atoms with van der Waals surface area (Å²) >= 11 is 0. The van der Waals surface area contributed by atoms with Crippen LogP contribution in [0.15, 0.2) is 0 Å². The van der Waals surface area contributed by atoms with Gasteiger partial charge in [0.2, 0.25) is 5.91 Å². The van der Waals surface area contributed by atoms with E-state index in [0.29, 0.717) is 18.0 Å². The second-order valence-corrected chi connectivity index (χ2v) is 6.98. The van der Waals surface area contributed by atoms with Gasteiger partial charge < -0.3 is 10.0 Å². The summed E-state index contributed by atoms with van der Waals surface area (Å²) < 4.78 is 0. The maximum atomic E-state index is 12.6. The average molecular weight is 294 g/mol. The average Bonchev–Trinajstić information content (AvgIpc) is 3.04. The maximum Gasteiger partial charge on any atom is 0.303 e. The minimum Gasteiger partial charge on any atom is -0.481 e. The van der Waals surface area contributed by atoms with Crippen LogP contribution in [0.1, 0.15) is 51.9 Å². The second kappa shape index (κ2) is 5.95. The maximum absolute atomic E-state index is 12.6. The molecule has 0 saturated carbocycles. The van der Waals surface area contributed by atoms with Gasteiger partial charge in [0.25, 0.3) is 0 Å². The third-order valence-electron chi connectivity index (χ3n) is 5.57. The highest BCUT2D eigenvalue weighted by Crippen LogP contribution is 2.41. The van der Waals surface area contributed by atoms with Gasteiger partial charge >= 0.3 is 5.97 Å². The van der Waals surface area contributed by atoms with Gasteiger partial charge in [-0.2, -0.15) is 0 Å². The van der Waals surface area contributed by atoms with Crippen molar-refractivity contribution in [1.82, 2.24) is 9.80 Å². The normalized spacial score (nSPS) is 34.1. The van der Waals surface area contributed by atoms with Crippen molar-refractivity contribution in [2.45, 2.75) is 70.0 Å². The Hall–Kier alpha value is -1.10. The van der Waals surface area contributed by atoms with Crippen LogP contribution < -0.4 is 0 Å². The first-order chi connectivity index (χ1) is 10.1. The molecule has 3 rings (SSSR count). The van der Waals surface area contributed by atoms with Crippen molar-refractivity contribution in [3.63, 3.8) is 0 Å². The van der Waals surface area contributed by atoms with E-state index in [0.717, 1.165) is 51.6 Å². The standard InChI is InChI=1S/C16H26N2O3/c1-11(16(21)17-6-2-3-7-17)18-13-4-5-14(18)9-12(8-13)10-15(19)20/h11-14H,2-10H2,1H3,(H,19,20). The Morgan fingerprint density at radius 2 is 1.71 bits per heavy atom. The fraction of sp³-hybridized carbons (Fsp3) is 0.875. The number of aliphatic carboxylic acids is 1. The topological polar surface area (TPSA) is 60.9 Å². The Morgan fingerprint density at radius 3 is 2.24 bits per heavy atom. The lowest BCUT2D eigenvalue weighted by Crippen LogP contribution is -2.54. The molecule has 5 heteroatoms. The van der Waals surface area contributed by atoms with E-state index in [-0.39, 0.29) is 18.4 Å². The van der Waals surface area contributed by atoms with E-state index in [9.17, 15) is 9.59 Å². The molecule has 1 N–H and O–H groups in total. The molecule has 5 nitrogen and oxygen atoms in total. The van der Waals surface area contributed by atoms with Crippen LogP contribution in [0, 0.1) is 5.92 Å². The number of amides is 1. The number of fused-ring (bicyclic) bond motifs is 2. The van der Waals surface area contributed by atoms with Crippen LogP contribution in [0.25, 0.3) is 0 Å². The molecule has 3 unspecified atom stereocenters. The minimum atomic E-state index is -0.686. The number of hydrogen-bond acceptors (Lipinski definition) is 3. The third-order valence-corrected chi connectivity index (χ3v) is 5.57. The molecule has 0 aromatic rings. The van der Waals surface area contributed by atoms with Gasteiger partial charge in [0.05, 0.1) is 6.04 Å². The Bertz CT molecular complexity index is 406. The molecule has 3 atom stereocenters. The first kappa shape index (κ1) is 14.8. The first-order valence-electron chi connectivity index (χ1n) is 8.34. The highest BCUT2D eigenvalue weighted by atomic mass is 16.4. The summed E-state index contributed by atoms with van der Waals surface area (Å²) in [6, 6.07) is 0.788. The lowest BCUT2D eigenvalue weighted by molar-refractivity contribution is -0.141. The quantitative estimate of drug-likeness (QED) is 0.857. The van der Waals surface area contributed by atoms with E-state index in [1.165, 1.54) is 0 Å². The van der Waals surface area contributed by atoms with E-state index in [4.69, 9.17) is 5.11 Å². The van der Waals surface area contributed by atoms with Crippen LogP contribution in [0.5, 0.6) is 0 Å². The molecular formula is C16H26N2O3. The van der Waals surface area contributed by atoms with Gasteiger partial charge in [-0.3, -0.25) is 14.5 Å². The largest absolute Gasteiger partial charge is 0.481 e. The fourth-order valence-electron chi connectivity index (χ4n) is 4.70. The van der Waals surface area contributed by atoms with Gasteiger partial charge in [0, 0.05) is 31.6 Å². The molecule has 1 amide bonds. The summed E-state index contributed by atoms with van der Waals surface area (Å²) in [6.45, 7) is 3.87. The lowest BCUT2D eigenvalue weighted by atomic mass is 9.87. The Morgan fingerprint density at radius 1 is 1.14 bits per heavy atom. The number of rotatable bonds is 4. The molecule has 3 fully saturated rings. The summed E-state index contributed by atoms with van der Waals surface area (Å²) in [5.74, 6) is -0.111. The summed E-state index contributed by atoms with van der Waals surface area (Å²) in [5.41, 5.74) is 0. The van der Waals surface area contributed by atoms with E-state index in [1.807, 2.05) is 11.8 Å². The predicted molar refractivity (Wildman–Crippen MR) is 78.9 cm³/mol. The second-order valence-electron chi connectivity index (χ2n) is 6.98. The fourth-order valence-corrected chi connectivity index (χ4v) is 4.70. The summed E-state index contributed by atoms with van der Waals surface area (Å²) in [7, 11) is 0. The number of carbonyl (C=O) groups is 2. The van der Waals surface area contributed by atoms with Crippen LogP contribution in [0.2, 0.25) is 0 Å². The van der Waals surface area contributed by atoms with Gasteiger partial charge in [-0.25, -0.2) is 0 Å². The molecule has 0 radical (unpaired) electrons. The van der Waals surface area contributed by atoms with Crippen molar-refractivity contribution in [2.75, 3.05) is 13.1 Å². The molecule has 0 spiro atoms. The Labute approximate surface area is 126 Å². The molecule has 0 aromatic heterocycles. The third kappa shape index (κ3) is 2.93. The van der Waals surface area contributed by atoms with Gasteiger partial charge in [0.15, 0.2) is 0 Å². The van der Waals surface area contributed by atoms with Crippen LogP contribution >= 0.6 is 0 Å².